The van der Waals surface area contributed by atoms with Gasteiger partial charge < -0.3 is 20.5 Å². The molecule has 11 heteroatoms. The fourth-order valence-electron chi connectivity index (χ4n) is 5.30. The maximum absolute atomic E-state index is 13.2. The average Bonchev–Trinajstić information content (AvgIpc) is 3.32. The van der Waals surface area contributed by atoms with Gasteiger partial charge in [-0.05, 0) is 30.4 Å². The van der Waals surface area contributed by atoms with Crippen LogP contribution in [0.25, 0.3) is 0 Å². The lowest BCUT2D eigenvalue weighted by atomic mass is 9.83. The number of hydrogen-bond donors (Lipinski definition) is 2. The molecule has 0 saturated heterocycles. The van der Waals surface area contributed by atoms with E-state index in [2.05, 4.69) is 20.8 Å². The third-order valence-corrected chi connectivity index (χ3v) is 6.89. The zero-order chi connectivity index (χ0) is 23.8. The minimum absolute atomic E-state index is 0.0857. The van der Waals surface area contributed by atoms with Crippen molar-refractivity contribution in [2.45, 2.75) is 50.6 Å². The van der Waals surface area contributed by atoms with Crippen LogP contribution in [0.5, 0.6) is 0 Å². The van der Waals surface area contributed by atoms with E-state index in [4.69, 9.17) is 0 Å². The van der Waals surface area contributed by atoms with Gasteiger partial charge in [-0.15, -0.1) is 0 Å². The minimum Gasteiger partial charge on any atom is -0.530 e. The molecule has 1 unspecified atom stereocenters. The summed E-state index contributed by atoms with van der Waals surface area (Å²) < 4.78 is 2.61. The summed E-state index contributed by atoms with van der Waals surface area (Å²) >= 11 is 0. The maximum atomic E-state index is 13.2. The molecular weight excluding hydrogens is 438 g/mol. The molecule has 3 aliphatic rings. The summed E-state index contributed by atoms with van der Waals surface area (Å²) in [5.41, 5.74) is 3.55. The Hall–Kier alpha value is -3.76. The summed E-state index contributed by atoms with van der Waals surface area (Å²) in [5, 5.41) is 27.0. The Morgan fingerprint density at radius 1 is 1.24 bits per heavy atom. The molecule has 0 radical (unpaired) electrons. The number of benzene rings is 1. The van der Waals surface area contributed by atoms with Gasteiger partial charge in [0.15, 0.2) is 0 Å². The highest BCUT2D eigenvalue weighted by Gasteiger charge is 2.41. The highest BCUT2D eigenvalue weighted by Crippen LogP contribution is 2.41. The fraction of sp³-hybridized carbons (Fsp3) is 0.478. The molecule has 0 spiro atoms. The molecule has 1 aromatic heterocycles. The molecule has 2 amide bonds. The predicted molar refractivity (Wildman–Crippen MR) is 123 cm³/mol. The number of aryl methyl sites for hydroxylation is 1. The molecule has 2 aromatic rings. The second-order valence-corrected chi connectivity index (χ2v) is 9.23. The number of hydrazone groups is 1. The highest BCUT2D eigenvalue weighted by atomic mass is 16.4. The van der Waals surface area contributed by atoms with E-state index in [1.807, 2.05) is 24.3 Å². The summed E-state index contributed by atoms with van der Waals surface area (Å²) in [4.78, 5) is 37.1. The number of nitrogens with one attached hydrogen (secondary N) is 2. The molecule has 34 heavy (non-hydrogen) atoms. The quantitative estimate of drug-likeness (QED) is 0.646. The van der Waals surface area contributed by atoms with Crippen LogP contribution in [-0.4, -0.2) is 45.3 Å². The van der Waals surface area contributed by atoms with E-state index in [-0.39, 0.29) is 18.4 Å². The van der Waals surface area contributed by atoms with E-state index < -0.39 is 18.0 Å². The largest absolute Gasteiger partial charge is 0.530 e. The summed E-state index contributed by atoms with van der Waals surface area (Å²) in [6.07, 6.45) is 8.45. The zero-order valence-corrected chi connectivity index (χ0v) is 18.9. The van der Waals surface area contributed by atoms with Gasteiger partial charge in [-0.3, -0.25) is 14.5 Å². The summed E-state index contributed by atoms with van der Waals surface area (Å²) in [5.74, 6) is -0.676. The lowest BCUT2D eigenvalue weighted by Crippen LogP contribution is -2.52. The second-order valence-electron chi connectivity index (χ2n) is 9.23. The molecule has 2 N–H and O–H groups in total. The second kappa shape index (κ2) is 8.88. The van der Waals surface area contributed by atoms with Crippen molar-refractivity contribution in [3.8, 4) is 0 Å². The number of amides is 2. The maximum Gasteiger partial charge on any atom is 0.262 e. The first kappa shape index (κ1) is 22.1. The van der Waals surface area contributed by atoms with Gasteiger partial charge >= 0.3 is 0 Å². The van der Waals surface area contributed by atoms with Crippen LogP contribution in [0.4, 0.5) is 21.9 Å². The van der Waals surface area contributed by atoms with Crippen molar-refractivity contribution in [1.29, 1.82) is 0 Å². The molecule has 1 saturated carbocycles. The van der Waals surface area contributed by atoms with Crippen LogP contribution in [0.3, 0.4) is 0 Å². The molecule has 2 atom stereocenters. The number of hydrogen-bond acceptors (Lipinski definition) is 7. The van der Waals surface area contributed by atoms with E-state index in [1.54, 1.807) is 23.2 Å². The van der Waals surface area contributed by atoms with Crippen LogP contribution in [-0.2, 0) is 18.4 Å². The number of rotatable bonds is 5. The highest BCUT2D eigenvalue weighted by molar-refractivity contribution is 5.97. The number of anilines is 2. The average molecular weight is 466 g/mol. The Morgan fingerprint density at radius 2 is 2.03 bits per heavy atom. The zero-order valence-electron chi connectivity index (χ0n) is 18.9. The van der Waals surface area contributed by atoms with Gasteiger partial charge in [-0.1, -0.05) is 19.3 Å². The number of carboxylic acid groups (broad SMARTS) is 1. The van der Waals surface area contributed by atoms with Gasteiger partial charge in [-0.2, -0.15) is 10.2 Å². The van der Waals surface area contributed by atoms with E-state index >= 15 is 0 Å². The monoisotopic (exact) mass is 465 g/mol. The lowest BCUT2D eigenvalue weighted by molar-refractivity contribution is -0.452. The fourth-order valence-corrected chi connectivity index (χ4v) is 5.30. The summed E-state index contributed by atoms with van der Waals surface area (Å²) in [6, 6.07) is 2.61. The van der Waals surface area contributed by atoms with Crippen molar-refractivity contribution in [1.82, 2.24) is 15.1 Å². The van der Waals surface area contributed by atoms with Gasteiger partial charge in [0.05, 0.1) is 24.3 Å². The van der Waals surface area contributed by atoms with Crippen LogP contribution >= 0.6 is 0 Å². The molecule has 1 aromatic carbocycles. The Morgan fingerprint density at radius 3 is 2.74 bits per heavy atom. The minimum atomic E-state index is -1.47. The molecule has 2 aliphatic heterocycles. The summed E-state index contributed by atoms with van der Waals surface area (Å²) in [6.45, 7) is 0.656. The van der Waals surface area contributed by atoms with Crippen molar-refractivity contribution in [3.63, 3.8) is 0 Å². The van der Waals surface area contributed by atoms with Gasteiger partial charge in [0.1, 0.15) is 12.1 Å². The van der Waals surface area contributed by atoms with Gasteiger partial charge in [0, 0.05) is 46.4 Å². The van der Waals surface area contributed by atoms with E-state index in [0.29, 0.717) is 17.9 Å². The third kappa shape index (κ3) is 4.25. The number of carbonyl (C=O) groups excluding carboxylic acids is 2. The molecule has 0 bridgehead atoms. The van der Waals surface area contributed by atoms with Crippen molar-refractivity contribution in [2.75, 3.05) is 16.9 Å². The van der Waals surface area contributed by atoms with E-state index in [1.165, 1.54) is 0 Å². The van der Waals surface area contributed by atoms with Crippen LogP contribution in [0, 0.1) is 10.8 Å². The van der Waals surface area contributed by atoms with Crippen molar-refractivity contribution in [3.05, 3.63) is 40.6 Å². The predicted octanol–water partition coefficient (Wildman–Crippen LogP) is 1.75. The van der Waals surface area contributed by atoms with Gasteiger partial charge in [0.25, 0.3) is 5.69 Å². The smallest absolute Gasteiger partial charge is 0.262 e. The Bertz CT molecular complexity index is 1170. The molecule has 1 fully saturated rings. The summed E-state index contributed by atoms with van der Waals surface area (Å²) in [7, 11) is 1.83. The topological polar surface area (TPSA) is 135 Å². The lowest BCUT2D eigenvalue weighted by Gasteiger charge is -2.30. The number of nitroso groups, excluding NO2 is 1. The number of aromatic nitrogens is 2. The van der Waals surface area contributed by atoms with Crippen molar-refractivity contribution >= 4 is 35.3 Å². The molecular formula is C23H27N7O4. The van der Waals surface area contributed by atoms with Crippen LogP contribution < -0.4 is 20.7 Å². The Labute approximate surface area is 196 Å². The van der Waals surface area contributed by atoms with Crippen LogP contribution in [0.2, 0.25) is 0 Å². The Balaban J connectivity index is 1.44. The van der Waals surface area contributed by atoms with Gasteiger partial charge in [-0.25, -0.2) is 0 Å². The standard InChI is InChI=1S/C23H27N7O4/c1-28-13-18(10-24-28)29-11-15-7-17(8-19-20(15)16(9-25-29)12-30(19)34)26-22(31)21(27-23(32)33)14-5-3-2-4-6-14/h7-10,13-14,16,21,27H,2-6,11-12H2,1H3,(H-,26,31,32,33)/t16?,21-/m1/s1. The number of carbonyl (C=O) groups is 2. The van der Waals surface area contributed by atoms with E-state index in [9.17, 15) is 19.6 Å². The molecule has 178 valence electrons. The molecule has 5 rings (SSSR count). The Kier molecular flexibility index (Phi) is 5.76. The third-order valence-electron chi connectivity index (χ3n) is 6.89. The first-order valence-electron chi connectivity index (χ1n) is 11.6. The SMILES string of the molecule is Cn1cc(N2Cc3cc(NC(=O)[C@H](NC(=O)[O-])C4CCCCC4)cc4c3C(C=N2)C[N+]4=O)cn1. The van der Waals surface area contributed by atoms with Crippen LogP contribution in [0.1, 0.15) is 49.1 Å². The normalized spacial score (nSPS) is 20.6. The molecule has 3 heterocycles. The van der Waals surface area contributed by atoms with Crippen molar-refractivity contribution < 1.29 is 19.5 Å². The van der Waals surface area contributed by atoms with Crippen LogP contribution in [0.15, 0.2) is 29.6 Å². The molecule has 1 aliphatic carbocycles. The first-order valence-corrected chi connectivity index (χ1v) is 11.6. The van der Waals surface area contributed by atoms with E-state index in [0.717, 1.165) is 53.7 Å². The van der Waals surface area contributed by atoms with Crippen molar-refractivity contribution in [2.24, 2.45) is 18.1 Å². The molecule has 11 nitrogen and oxygen atoms in total. The number of nitrogens with zero attached hydrogens (tertiary/aromatic N) is 5. The van der Waals surface area contributed by atoms with Gasteiger partial charge in [0.2, 0.25) is 12.5 Å². The first-order chi connectivity index (χ1) is 16.4.